The molecular formula is C52H34N2S. The quantitative estimate of drug-likeness (QED) is 0.177. The van der Waals surface area contributed by atoms with Gasteiger partial charge in [0.25, 0.3) is 0 Å². The van der Waals surface area contributed by atoms with E-state index in [0.717, 1.165) is 39.3 Å². The first-order valence-electron chi connectivity index (χ1n) is 18.8. The fourth-order valence-electron chi connectivity index (χ4n) is 8.85. The molecule has 2 nitrogen and oxygen atoms in total. The normalized spacial score (nSPS) is 14.7. The second-order valence-electron chi connectivity index (χ2n) is 14.6. The van der Waals surface area contributed by atoms with Gasteiger partial charge in [-0.2, -0.15) is 0 Å². The van der Waals surface area contributed by atoms with Crippen LogP contribution in [-0.4, -0.2) is 9.97 Å². The number of hydrogen-bond acceptors (Lipinski definition) is 3. The van der Waals surface area contributed by atoms with E-state index in [1.165, 1.54) is 64.5 Å². The van der Waals surface area contributed by atoms with Crippen LogP contribution in [0.5, 0.6) is 0 Å². The summed E-state index contributed by atoms with van der Waals surface area (Å²) in [6.07, 6.45) is 0. The highest BCUT2D eigenvalue weighted by Crippen LogP contribution is 2.55. The summed E-state index contributed by atoms with van der Waals surface area (Å²) in [4.78, 5) is 10.7. The lowest BCUT2D eigenvalue weighted by molar-refractivity contribution is 0.714. The van der Waals surface area contributed by atoms with E-state index < -0.39 is 0 Å². The van der Waals surface area contributed by atoms with Crippen molar-refractivity contribution in [1.82, 2.24) is 9.97 Å². The number of hydrogen-bond donors (Lipinski definition) is 0. The molecule has 2 aromatic heterocycles. The molecule has 1 aliphatic rings. The molecule has 0 saturated heterocycles. The van der Waals surface area contributed by atoms with E-state index in [1.54, 1.807) is 0 Å². The molecule has 0 bridgehead atoms. The first-order chi connectivity index (χ1) is 27.1. The molecule has 0 amide bonds. The van der Waals surface area contributed by atoms with Crippen molar-refractivity contribution in [3.05, 3.63) is 205 Å². The smallest absolute Gasteiger partial charge is 0.161 e. The van der Waals surface area contributed by atoms with Gasteiger partial charge in [-0.15, -0.1) is 11.3 Å². The number of nitrogens with zero attached hydrogens (tertiary/aromatic N) is 2. The molecule has 11 rings (SSSR count). The van der Waals surface area contributed by atoms with Crippen molar-refractivity contribution in [2.24, 2.45) is 0 Å². The molecule has 3 heteroatoms. The van der Waals surface area contributed by atoms with Crippen LogP contribution >= 0.6 is 11.3 Å². The molecule has 0 spiro atoms. The Hall–Kier alpha value is -6.68. The largest absolute Gasteiger partial charge is 0.228 e. The second-order valence-corrected chi connectivity index (χ2v) is 15.7. The van der Waals surface area contributed by atoms with Crippen molar-refractivity contribution < 1.29 is 0 Å². The van der Waals surface area contributed by atoms with E-state index >= 15 is 0 Å². The summed E-state index contributed by atoms with van der Waals surface area (Å²) in [7, 11) is 0. The number of aromatic nitrogens is 2. The Bertz CT molecular complexity index is 3100. The van der Waals surface area contributed by atoms with Crippen molar-refractivity contribution >= 4 is 42.3 Å². The predicted octanol–water partition coefficient (Wildman–Crippen LogP) is 14.0. The Morgan fingerprint density at radius 2 is 1.04 bits per heavy atom. The van der Waals surface area contributed by atoms with Crippen LogP contribution in [-0.2, 0) is 5.41 Å². The minimum absolute atomic E-state index is 0.299. The lowest BCUT2D eigenvalue weighted by Gasteiger charge is -2.28. The summed E-state index contributed by atoms with van der Waals surface area (Å²) >= 11 is 1.86. The molecule has 1 atom stereocenters. The van der Waals surface area contributed by atoms with Gasteiger partial charge in [-0.25, -0.2) is 9.97 Å². The molecule has 0 radical (unpaired) electrons. The molecule has 1 unspecified atom stereocenters. The monoisotopic (exact) mass is 718 g/mol. The standard InChI is InChI=1S/C52H34N2S/c1-52(37-15-3-2-4-16-37)44-22-9-7-19-42(44)50-43(21-12-23-45(50)52)47-32-46(53-51(54-47)41-20-11-14-34-13-5-6-17-38(34)41)35-27-25-33(26-28-35)36-29-30-40-39-18-8-10-24-48(39)55-49(40)31-36/h2-32H,1H3. The third kappa shape index (κ3) is 5.01. The van der Waals surface area contributed by atoms with Gasteiger partial charge in [0.1, 0.15) is 0 Å². The highest BCUT2D eigenvalue weighted by atomic mass is 32.1. The summed E-state index contributed by atoms with van der Waals surface area (Å²) in [5, 5.41) is 4.95. The Morgan fingerprint density at radius 3 is 1.93 bits per heavy atom. The van der Waals surface area contributed by atoms with E-state index in [1.807, 2.05) is 11.3 Å². The van der Waals surface area contributed by atoms with Crippen LogP contribution < -0.4 is 0 Å². The first-order valence-corrected chi connectivity index (χ1v) is 19.6. The molecule has 2 heterocycles. The lowest BCUT2D eigenvalue weighted by atomic mass is 9.74. The van der Waals surface area contributed by atoms with Gasteiger partial charge in [0, 0.05) is 42.3 Å². The molecule has 0 saturated carbocycles. The molecule has 0 N–H and O–H groups in total. The molecular weight excluding hydrogens is 685 g/mol. The summed E-state index contributed by atoms with van der Waals surface area (Å²) < 4.78 is 2.63. The maximum absolute atomic E-state index is 5.42. The number of benzene rings is 8. The fourth-order valence-corrected chi connectivity index (χ4v) is 10.00. The van der Waals surface area contributed by atoms with Gasteiger partial charge in [0.05, 0.1) is 11.4 Å². The van der Waals surface area contributed by atoms with Crippen LogP contribution in [0.4, 0.5) is 0 Å². The van der Waals surface area contributed by atoms with Gasteiger partial charge in [-0.1, -0.05) is 170 Å². The van der Waals surface area contributed by atoms with Crippen LogP contribution in [0.25, 0.3) is 87.1 Å². The van der Waals surface area contributed by atoms with Crippen molar-refractivity contribution in [1.29, 1.82) is 0 Å². The zero-order valence-electron chi connectivity index (χ0n) is 30.2. The molecule has 1 aliphatic carbocycles. The average molecular weight is 719 g/mol. The van der Waals surface area contributed by atoms with E-state index in [2.05, 4.69) is 195 Å². The van der Waals surface area contributed by atoms with Gasteiger partial charge in [0.2, 0.25) is 0 Å². The van der Waals surface area contributed by atoms with Crippen LogP contribution in [0.15, 0.2) is 188 Å². The molecule has 10 aromatic rings. The SMILES string of the molecule is CC1(c2ccccc2)c2ccccc2-c2c(-c3cc(-c4ccc(-c5ccc6c(c5)sc5ccccc56)cc4)nc(-c4cccc5ccccc45)n3)cccc21. The van der Waals surface area contributed by atoms with Crippen LogP contribution in [0.3, 0.4) is 0 Å². The number of rotatable bonds is 5. The average Bonchev–Trinajstić information content (AvgIpc) is 3.76. The van der Waals surface area contributed by atoms with Crippen molar-refractivity contribution in [2.75, 3.05) is 0 Å². The molecule has 55 heavy (non-hydrogen) atoms. The summed E-state index contributed by atoms with van der Waals surface area (Å²) in [5.74, 6) is 0.721. The summed E-state index contributed by atoms with van der Waals surface area (Å²) in [5.41, 5.74) is 13.5. The van der Waals surface area contributed by atoms with Crippen molar-refractivity contribution in [2.45, 2.75) is 12.3 Å². The maximum atomic E-state index is 5.42. The van der Waals surface area contributed by atoms with E-state index in [9.17, 15) is 0 Å². The van der Waals surface area contributed by atoms with Gasteiger partial charge in [-0.05, 0) is 74.8 Å². The Morgan fingerprint density at radius 1 is 0.418 bits per heavy atom. The Labute approximate surface area is 324 Å². The molecule has 8 aromatic carbocycles. The maximum Gasteiger partial charge on any atom is 0.161 e. The third-order valence-electron chi connectivity index (χ3n) is 11.6. The van der Waals surface area contributed by atoms with Gasteiger partial charge in [0.15, 0.2) is 5.82 Å². The van der Waals surface area contributed by atoms with Gasteiger partial charge < -0.3 is 0 Å². The Kier molecular flexibility index (Phi) is 7.20. The predicted molar refractivity (Wildman–Crippen MR) is 232 cm³/mol. The zero-order chi connectivity index (χ0) is 36.5. The van der Waals surface area contributed by atoms with Crippen molar-refractivity contribution in [3.63, 3.8) is 0 Å². The second kappa shape index (κ2) is 12.4. The number of thiophene rings is 1. The van der Waals surface area contributed by atoms with E-state index in [4.69, 9.17) is 9.97 Å². The molecule has 0 aliphatic heterocycles. The highest BCUT2D eigenvalue weighted by molar-refractivity contribution is 7.25. The summed E-state index contributed by atoms with van der Waals surface area (Å²) in [6, 6.07) is 68.0. The van der Waals surface area contributed by atoms with E-state index in [0.29, 0.717) is 0 Å². The van der Waals surface area contributed by atoms with Crippen LogP contribution in [0.1, 0.15) is 23.6 Å². The minimum atomic E-state index is -0.299. The van der Waals surface area contributed by atoms with Crippen LogP contribution in [0, 0.1) is 0 Å². The molecule has 0 fully saturated rings. The van der Waals surface area contributed by atoms with Gasteiger partial charge >= 0.3 is 0 Å². The third-order valence-corrected chi connectivity index (χ3v) is 12.7. The highest BCUT2D eigenvalue weighted by Gasteiger charge is 2.41. The van der Waals surface area contributed by atoms with Crippen molar-refractivity contribution in [3.8, 4) is 56.2 Å². The molecule has 258 valence electrons. The number of fused-ring (bicyclic) bond motifs is 7. The minimum Gasteiger partial charge on any atom is -0.228 e. The topological polar surface area (TPSA) is 25.8 Å². The Balaban J connectivity index is 1.09. The zero-order valence-corrected chi connectivity index (χ0v) is 31.0. The lowest BCUT2D eigenvalue weighted by Crippen LogP contribution is -2.22. The fraction of sp³-hybridized carbons (Fsp3) is 0.0385. The van der Waals surface area contributed by atoms with Gasteiger partial charge in [-0.3, -0.25) is 0 Å². The van der Waals surface area contributed by atoms with E-state index in [-0.39, 0.29) is 5.41 Å². The summed E-state index contributed by atoms with van der Waals surface area (Å²) in [6.45, 7) is 2.36. The first kappa shape index (κ1) is 31.8. The van der Waals surface area contributed by atoms with Crippen LogP contribution in [0.2, 0.25) is 0 Å².